The van der Waals surface area contributed by atoms with Gasteiger partial charge in [0.25, 0.3) is 11.1 Å². The van der Waals surface area contributed by atoms with Gasteiger partial charge in [-0.25, -0.2) is 9.97 Å². The van der Waals surface area contributed by atoms with Crippen LogP contribution in [-0.4, -0.2) is 24.1 Å². The van der Waals surface area contributed by atoms with E-state index in [0.29, 0.717) is 16.4 Å². The average molecular weight is 460 g/mol. The lowest BCUT2D eigenvalue weighted by Gasteiger charge is -2.18. The Morgan fingerprint density at radius 1 is 1.13 bits per heavy atom. The molecule has 30 heavy (non-hydrogen) atoms. The molecule has 5 rings (SSSR count). The molecular weight excluding hydrogens is 438 g/mol. The quantitative estimate of drug-likeness (QED) is 0.335. The maximum absolute atomic E-state index is 13.5. The van der Waals surface area contributed by atoms with Crippen LogP contribution in [0, 0.1) is 20.8 Å². The molecule has 0 atom stereocenters. The van der Waals surface area contributed by atoms with Crippen LogP contribution in [0.1, 0.15) is 52.9 Å². The largest absolute Gasteiger partial charge is 0.284 e. The lowest BCUT2D eigenvalue weighted by molar-refractivity contribution is 0.458. The molecule has 0 radical (unpaired) electrons. The normalized spacial score (nSPS) is 15.0. The van der Waals surface area contributed by atoms with Crippen LogP contribution in [-0.2, 0) is 5.75 Å². The van der Waals surface area contributed by atoms with Crippen molar-refractivity contribution in [1.29, 1.82) is 0 Å². The Hall–Kier alpha value is -2.04. The number of nitrogens with zero attached hydrogens (tertiary/aromatic N) is 5. The van der Waals surface area contributed by atoms with E-state index in [0.717, 1.165) is 56.5 Å². The van der Waals surface area contributed by atoms with Crippen molar-refractivity contribution in [2.24, 2.45) is 0 Å². The van der Waals surface area contributed by atoms with E-state index < -0.39 is 0 Å². The van der Waals surface area contributed by atoms with Crippen molar-refractivity contribution >= 4 is 49.6 Å². The molecule has 0 unspecified atom stereocenters. The van der Waals surface area contributed by atoms with Gasteiger partial charge in [-0.1, -0.05) is 35.9 Å². The van der Waals surface area contributed by atoms with Crippen LogP contribution < -0.4 is 11.1 Å². The minimum absolute atomic E-state index is 0.0674. The number of hydrogen-bond donors (Lipinski definition) is 0. The summed E-state index contributed by atoms with van der Waals surface area (Å²) in [5.74, 6) is 0.483. The van der Waals surface area contributed by atoms with Crippen LogP contribution in [0.5, 0.6) is 0 Å². The molecule has 4 heterocycles. The van der Waals surface area contributed by atoms with Crippen LogP contribution in [0.4, 0.5) is 0 Å². The van der Waals surface area contributed by atoms with Gasteiger partial charge in [-0.3, -0.25) is 14.2 Å². The van der Waals surface area contributed by atoms with Crippen molar-refractivity contribution < 1.29 is 0 Å². The number of aromatic nitrogens is 5. The van der Waals surface area contributed by atoms with E-state index in [2.05, 4.69) is 10.1 Å². The SMILES string of the molecule is Cc1nn2c(=O)cc(CSc3nc4sc(C)c(C)c4c(=O)n3C3CCCC3)nc2s1. The third-order valence-electron chi connectivity index (χ3n) is 5.64. The molecule has 7 nitrogen and oxygen atoms in total. The molecule has 1 saturated carbocycles. The van der Waals surface area contributed by atoms with Gasteiger partial charge in [0, 0.05) is 22.7 Å². The van der Waals surface area contributed by atoms with E-state index in [1.807, 2.05) is 25.3 Å². The summed E-state index contributed by atoms with van der Waals surface area (Å²) in [6, 6.07) is 1.72. The van der Waals surface area contributed by atoms with Gasteiger partial charge >= 0.3 is 0 Å². The van der Waals surface area contributed by atoms with E-state index in [1.54, 1.807) is 11.3 Å². The van der Waals surface area contributed by atoms with Crippen molar-refractivity contribution in [3.63, 3.8) is 0 Å². The van der Waals surface area contributed by atoms with Gasteiger partial charge in [-0.05, 0) is 39.2 Å². The lowest BCUT2D eigenvalue weighted by Crippen LogP contribution is -2.26. The van der Waals surface area contributed by atoms with Crippen molar-refractivity contribution in [3.8, 4) is 0 Å². The molecule has 1 aliphatic rings. The highest BCUT2D eigenvalue weighted by molar-refractivity contribution is 7.98. The number of hydrogen-bond acceptors (Lipinski definition) is 8. The molecule has 4 aromatic rings. The summed E-state index contributed by atoms with van der Waals surface area (Å²) in [6.07, 6.45) is 4.30. The summed E-state index contributed by atoms with van der Waals surface area (Å²) in [6.45, 7) is 5.90. The minimum Gasteiger partial charge on any atom is -0.284 e. The second-order valence-corrected chi connectivity index (χ2v) is 11.0. The van der Waals surface area contributed by atoms with Crippen LogP contribution in [0.15, 0.2) is 20.8 Å². The molecule has 0 saturated heterocycles. The van der Waals surface area contributed by atoms with Crippen molar-refractivity contribution in [2.45, 2.75) is 63.4 Å². The fraction of sp³-hybridized carbons (Fsp3) is 0.450. The third-order valence-corrected chi connectivity index (χ3v) is 8.55. The number of thiophene rings is 1. The zero-order chi connectivity index (χ0) is 21.0. The smallest absolute Gasteiger partial charge is 0.275 e. The Kier molecular flexibility index (Phi) is 5.03. The Labute approximate surface area is 184 Å². The van der Waals surface area contributed by atoms with E-state index in [9.17, 15) is 9.59 Å². The van der Waals surface area contributed by atoms with Gasteiger partial charge in [0.1, 0.15) is 9.84 Å². The van der Waals surface area contributed by atoms with Gasteiger partial charge in [-0.2, -0.15) is 9.61 Å². The van der Waals surface area contributed by atoms with Crippen LogP contribution in [0.25, 0.3) is 15.2 Å². The lowest BCUT2D eigenvalue weighted by atomic mass is 10.2. The molecule has 1 aliphatic carbocycles. The maximum atomic E-state index is 13.5. The monoisotopic (exact) mass is 459 g/mol. The molecule has 1 fully saturated rings. The number of aryl methyl sites for hydroxylation is 3. The molecule has 156 valence electrons. The number of rotatable bonds is 4. The first kappa shape index (κ1) is 19.9. The van der Waals surface area contributed by atoms with Crippen molar-refractivity contribution in [1.82, 2.24) is 24.1 Å². The summed E-state index contributed by atoms with van der Waals surface area (Å²) in [5.41, 5.74) is 1.61. The topological polar surface area (TPSA) is 82.2 Å². The standard InChI is InChI=1S/C20H21N5O2S3/c1-10-11(2)29-17-16(10)18(27)24(14-6-4-5-7-14)19(22-17)28-9-13-8-15(26)25-20(21-13)30-12(3)23-25/h8,14H,4-7,9H2,1-3H3. The summed E-state index contributed by atoms with van der Waals surface area (Å²) >= 11 is 4.46. The Balaban J connectivity index is 1.57. The molecule has 0 amide bonds. The molecule has 0 bridgehead atoms. The molecule has 0 aromatic carbocycles. The Morgan fingerprint density at radius 2 is 1.90 bits per heavy atom. The molecule has 0 aliphatic heterocycles. The van der Waals surface area contributed by atoms with Gasteiger partial charge in [0.15, 0.2) is 5.16 Å². The fourth-order valence-corrected chi connectivity index (χ4v) is 6.83. The van der Waals surface area contributed by atoms with E-state index >= 15 is 0 Å². The second kappa shape index (κ2) is 7.58. The van der Waals surface area contributed by atoms with Crippen LogP contribution in [0.2, 0.25) is 0 Å². The third kappa shape index (κ3) is 3.30. The second-order valence-electron chi connectivity index (χ2n) is 7.66. The zero-order valence-corrected chi connectivity index (χ0v) is 19.4. The first-order valence-corrected chi connectivity index (χ1v) is 12.6. The summed E-state index contributed by atoms with van der Waals surface area (Å²) < 4.78 is 3.24. The zero-order valence-electron chi connectivity index (χ0n) is 17.0. The fourth-order valence-electron chi connectivity index (χ4n) is 4.04. The molecule has 0 spiro atoms. The Morgan fingerprint density at radius 3 is 2.67 bits per heavy atom. The van der Waals surface area contributed by atoms with E-state index in [-0.39, 0.29) is 17.2 Å². The molecule has 0 N–H and O–H groups in total. The van der Waals surface area contributed by atoms with Crippen LogP contribution >= 0.6 is 34.4 Å². The predicted molar refractivity (Wildman–Crippen MR) is 122 cm³/mol. The summed E-state index contributed by atoms with van der Waals surface area (Å²) in [4.78, 5) is 37.8. The highest BCUT2D eigenvalue weighted by Gasteiger charge is 2.25. The minimum atomic E-state index is -0.180. The van der Waals surface area contributed by atoms with Crippen molar-refractivity contribution in [2.75, 3.05) is 0 Å². The number of thioether (sulfide) groups is 1. The van der Waals surface area contributed by atoms with Gasteiger partial charge < -0.3 is 0 Å². The number of fused-ring (bicyclic) bond motifs is 2. The van der Waals surface area contributed by atoms with Gasteiger partial charge in [0.05, 0.1) is 11.1 Å². The Bertz CT molecular complexity index is 1390. The predicted octanol–water partition coefficient (Wildman–Crippen LogP) is 4.26. The first-order valence-electron chi connectivity index (χ1n) is 9.94. The average Bonchev–Trinajstić information content (AvgIpc) is 3.40. The summed E-state index contributed by atoms with van der Waals surface area (Å²) in [7, 11) is 0. The molecule has 10 heteroatoms. The van der Waals surface area contributed by atoms with Gasteiger partial charge in [-0.15, -0.1) is 11.3 Å². The van der Waals surface area contributed by atoms with E-state index in [1.165, 1.54) is 33.7 Å². The van der Waals surface area contributed by atoms with Gasteiger partial charge in [0.2, 0.25) is 4.96 Å². The van der Waals surface area contributed by atoms with Crippen molar-refractivity contribution in [3.05, 3.63) is 47.9 Å². The maximum Gasteiger partial charge on any atom is 0.275 e. The highest BCUT2D eigenvalue weighted by atomic mass is 32.2. The molecular formula is C20H21N5O2S3. The van der Waals surface area contributed by atoms with E-state index in [4.69, 9.17) is 4.98 Å². The summed E-state index contributed by atoms with van der Waals surface area (Å²) in [5, 5.41) is 6.47. The first-order chi connectivity index (χ1) is 14.4. The van der Waals surface area contributed by atoms with Crippen LogP contribution in [0.3, 0.4) is 0 Å². The highest BCUT2D eigenvalue weighted by Crippen LogP contribution is 2.35. The molecule has 4 aromatic heterocycles.